The number of carbonyl (C=O) groups is 1. The number of benzene rings is 2. The number of allylic oxidation sites excluding steroid dienone is 4. The summed E-state index contributed by atoms with van der Waals surface area (Å²) in [6.45, 7) is 21.8. The van der Waals surface area contributed by atoms with E-state index in [-0.39, 0.29) is 16.6 Å². The van der Waals surface area contributed by atoms with E-state index in [0.29, 0.717) is 12.0 Å². The van der Waals surface area contributed by atoms with Crippen LogP contribution in [0, 0.1) is 6.92 Å². The third-order valence-corrected chi connectivity index (χ3v) is 6.77. The first-order valence-electron chi connectivity index (χ1n) is 11.8. The largest absolute Gasteiger partial charge is 0.294 e. The number of fused-ring (bicyclic) bond motifs is 1. The van der Waals surface area contributed by atoms with E-state index in [0.717, 1.165) is 12.0 Å². The van der Waals surface area contributed by atoms with Gasteiger partial charge in [-0.3, -0.25) is 4.79 Å². The summed E-state index contributed by atoms with van der Waals surface area (Å²) < 4.78 is 0. The van der Waals surface area contributed by atoms with E-state index in [2.05, 4.69) is 91.5 Å². The van der Waals surface area contributed by atoms with E-state index in [9.17, 15) is 4.79 Å². The zero-order chi connectivity index (χ0) is 23.8. The lowest BCUT2D eigenvalue weighted by atomic mass is 9.66. The van der Waals surface area contributed by atoms with Gasteiger partial charge >= 0.3 is 0 Å². The molecule has 0 saturated heterocycles. The topological polar surface area (TPSA) is 17.1 Å². The SMILES string of the molecule is C=C(C(=O)CCC)c1ccc(C(=C(C)C)c2cc3c(cc2C)C(C)(C)C=CC3(C)C)cc1. The van der Waals surface area contributed by atoms with Gasteiger partial charge in [0.15, 0.2) is 5.78 Å². The van der Waals surface area contributed by atoms with Crippen molar-refractivity contribution in [1.29, 1.82) is 0 Å². The third kappa shape index (κ3) is 4.44. The lowest BCUT2D eigenvalue weighted by molar-refractivity contribution is -0.113. The van der Waals surface area contributed by atoms with Crippen LogP contribution in [-0.2, 0) is 15.6 Å². The molecule has 0 spiro atoms. The summed E-state index contributed by atoms with van der Waals surface area (Å²) in [5, 5.41) is 0. The molecule has 0 heterocycles. The maximum atomic E-state index is 12.3. The van der Waals surface area contributed by atoms with Crippen molar-refractivity contribution in [2.24, 2.45) is 0 Å². The number of Topliss-reactive ketones (excluding diaryl/α,β-unsaturated/α-hetero) is 1. The van der Waals surface area contributed by atoms with Crippen molar-refractivity contribution in [1.82, 2.24) is 0 Å². The second-order valence-corrected chi connectivity index (χ2v) is 10.6. The number of hydrogen-bond acceptors (Lipinski definition) is 1. The number of aryl methyl sites for hydroxylation is 1. The molecule has 1 nitrogen and oxygen atoms in total. The number of hydrogen-bond donors (Lipinski definition) is 0. The summed E-state index contributed by atoms with van der Waals surface area (Å²) in [7, 11) is 0. The van der Waals surface area contributed by atoms with E-state index < -0.39 is 0 Å². The standard InChI is InChI=1S/C31H38O/c1-10-11-28(32)22(5)23-12-14-24(15-13-23)29(20(2)3)25-19-27-26(18-21(25)4)30(6,7)16-17-31(27,8)9/h12-19H,5,10-11H2,1-4,6-9H3. The van der Waals surface area contributed by atoms with E-state index in [1.54, 1.807) is 0 Å². The minimum Gasteiger partial charge on any atom is -0.294 e. The van der Waals surface area contributed by atoms with Crippen LogP contribution in [0.25, 0.3) is 11.1 Å². The van der Waals surface area contributed by atoms with Gasteiger partial charge in [-0.25, -0.2) is 0 Å². The van der Waals surface area contributed by atoms with Gasteiger partial charge in [-0.2, -0.15) is 0 Å². The Hall–Kier alpha value is -2.67. The van der Waals surface area contributed by atoms with Crippen molar-refractivity contribution in [2.45, 2.75) is 79.1 Å². The van der Waals surface area contributed by atoms with Crippen molar-refractivity contribution in [3.05, 3.63) is 94.1 Å². The van der Waals surface area contributed by atoms with Crippen molar-refractivity contribution >= 4 is 16.9 Å². The molecule has 1 heteroatoms. The predicted octanol–water partition coefficient (Wildman–Crippen LogP) is 8.34. The molecule has 0 N–H and O–H groups in total. The molecule has 0 unspecified atom stereocenters. The van der Waals surface area contributed by atoms with Crippen molar-refractivity contribution in [3.8, 4) is 0 Å². The molecule has 3 rings (SSSR count). The molecular formula is C31H38O. The molecule has 0 aromatic heterocycles. The smallest absolute Gasteiger partial charge is 0.162 e. The Morgan fingerprint density at radius 2 is 1.38 bits per heavy atom. The molecule has 0 atom stereocenters. The minimum atomic E-state index is 0.00129. The van der Waals surface area contributed by atoms with Crippen LogP contribution in [0.5, 0.6) is 0 Å². The Balaban J connectivity index is 2.10. The Morgan fingerprint density at radius 1 is 0.875 bits per heavy atom. The van der Waals surface area contributed by atoms with E-state index in [1.165, 1.54) is 39.0 Å². The zero-order valence-corrected chi connectivity index (χ0v) is 21.1. The van der Waals surface area contributed by atoms with Crippen LogP contribution in [0.4, 0.5) is 0 Å². The van der Waals surface area contributed by atoms with Gasteiger partial charge in [-0.1, -0.05) is 89.3 Å². The van der Waals surface area contributed by atoms with Crippen LogP contribution in [0.1, 0.15) is 94.7 Å². The highest BCUT2D eigenvalue weighted by Gasteiger charge is 2.33. The average molecular weight is 427 g/mol. The third-order valence-electron chi connectivity index (χ3n) is 6.77. The summed E-state index contributed by atoms with van der Waals surface area (Å²) in [6, 6.07) is 13.1. The molecule has 0 saturated carbocycles. The molecule has 0 radical (unpaired) electrons. The highest BCUT2D eigenvalue weighted by Crippen LogP contribution is 2.44. The lowest BCUT2D eigenvalue weighted by Gasteiger charge is -2.37. The highest BCUT2D eigenvalue weighted by molar-refractivity contribution is 6.19. The summed E-state index contributed by atoms with van der Waals surface area (Å²) in [5.74, 6) is 0.131. The van der Waals surface area contributed by atoms with Crippen molar-refractivity contribution in [2.75, 3.05) is 0 Å². The predicted molar refractivity (Wildman–Crippen MR) is 139 cm³/mol. The first-order valence-corrected chi connectivity index (χ1v) is 11.8. The van der Waals surface area contributed by atoms with Gasteiger partial charge in [-0.15, -0.1) is 0 Å². The second kappa shape index (κ2) is 8.70. The second-order valence-electron chi connectivity index (χ2n) is 10.6. The molecule has 0 bridgehead atoms. The molecule has 0 amide bonds. The van der Waals surface area contributed by atoms with Crippen LogP contribution in [0.2, 0.25) is 0 Å². The Kier molecular flexibility index (Phi) is 6.52. The monoisotopic (exact) mass is 426 g/mol. The Bertz CT molecular complexity index is 1110. The van der Waals surface area contributed by atoms with Gasteiger partial charge in [0.25, 0.3) is 0 Å². The molecule has 168 valence electrons. The zero-order valence-electron chi connectivity index (χ0n) is 21.1. The normalized spacial score (nSPS) is 15.8. The maximum Gasteiger partial charge on any atom is 0.162 e. The van der Waals surface area contributed by atoms with Gasteiger partial charge in [0, 0.05) is 22.8 Å². The van der Waals surface area contributed by atoms with Gasteiger partial charge in [0.1, 0.15) is 0 Å². The minimum absolute atomic E-state index is 0.00129. The average Bonchev–Trinajstić information content (AvgIpc) is 2.72. The number of ketones is 1. The van der Waals surface area contributed by atoms with Crippen molar-refractivity contribution < 1.29 is 4.79 Å². The first-order chi connectivity index (χ1) is 14.9. The summed E-state index contributed by atoms with van der Waals surface area (Å²) in [4.78, 5) is 12.3. The highest BCUT2D eigenvalue weighted by atomic mass is 16.1. The summed E-state index contributed by atoms with van der Waals surface area (Å²) in [6.07, 6.45) is 6.10. The molecule has 1 aliphatic carbocycles. The maximum absolute atomic E-state index is 12.3. The summed E-state index contributed by atoms with van der Waals surface area (Å²) >= 11 is 0. The van der Waals surface area contributed by atoms with Crippen LogP contribution in [-0.4, -0.2) is 5.78 Å². The summed E-state index contributed by atoms with van der Waals surface area (Å²) in [5.41, 5.74) is 10.7. The fraction of sp³-hybridized carbons (Fsp3) is 0.387. The fourth-order valence-corrected chi connectivity index (χ4v) is 4.73. The van der Waals surface area contributed by atoms with Crippen LogP contribution in [0.15, 0.2) is 60.7 Å². The number of carbonyl (C=O) groups excluding carboxylic acids is 1. The Labute approximate surface area is 195 Å². The van der Waals surface area contributed by atoms with E-state index in [1.807, 2.05) is 19.1 Å². The molecule has 0 fully saturated rings. The molecule has 32 heavy (non-hydrogen) atoms. The van der Waals surface area contributed by atoms with Crippen LogP contribution >= 0.6 is 0 Å². The van der Waals surface area contributed by atoms with Crippen LogP contribution < -0.4 is 0 Å². The quantitative estimate of drug-likeness (QED) is 0.335. The lowest BCUT2D eigenvalue weighted by Crippen LogP contribution is -2.29. The van der Waals surface area contributed by atoms with Gasteiger partial charge in [0.05, 0.1) is 0 Å². The van der Waals surface area contributed by atoms with Gasteiger partial charge in [0.2, 0.25) is 0 Å². The molecule has 1 aliphatic rings. The molecule has 0 aliphatic heterocycles. The molecule has 2 aromatic carbocycles. The number of rotatable bonds is 6. The molecular weight excluding hydrogens is 388 g/mol. The van der Waals surface area contributed by atoms with Gasteiger partial charge < -0.3 is 0 Å². The van der Waals surface area contributed by atoms with E-state index in [4.69, 9.17) is 0 Å². The fourth-order valence-electron chi connectivity index (χ4n) is 4.73. The molecule has 2 aromatic rings. The van der Waals surface area contributed by atoms with Crippen LogP contribution in [0.3, 0.4) is 0 Å². The van der Waals surface area contributed by atoms with E-state index >= 15 is 0 Å². The Morgan fingerprint density at radius 3 is 1.88 bits per heavy atom. The first kappa shape index (κ1) is 24.0. The van der Waals surface area contributed by atoms with Gasteiger partial charge in [-0.05, 0) is 72.2 Å². The van der Waals surface area contributed by atoms with Crippen molar-refractivity contribution in [3.63, 3.8) is 0 Å².